The Balaban J connectivity index is 2.90. The minimum atomic E-state index is -0.354. The highest BCUT2D eigenvalue weighted by Crippen LogP contribution is 2.18. The highest BCUT2D eigenvalue weighted by molar-refractivity contribution is 4.98. The minimum absolute atomic E-state index is 0.252. The Kier molecular flexibility index (Phi) is 11.5. The fraction of sp³-hybridized carbons (Fsp3) is 0.875. The van der Waals surface area contributed by atoms with Crippen LogP contribution in [0.2, 0.25) is 0 Å². The van der Waals surface area contributed by atoms with Crippen molar-refractivity contribution in [1.29, 1.82) is 0 Å². The van der Waals surface area contributed by atoms with Crippen LogP contribution in [0.25, 0.3) is 0 Å². The van der Waals surface area contributed by atoms with Crippen LogP contribution in [0.4, 0.5) is 0 Å². The molecule has 1 aromatic rings. The predicted molar refractivity (Wildman–Crippen MR) is 92.5 cm³/mol. The van der Waals surface area contributed by atoms with Gasteiger partial charge in [-0.1, -0.05) is 0 Å². The van der Waals surface area contributed by atoms with Crippen LogP contribution < -0.4 is 5.43 Å². The molecule has 2 atom stereocenters. The van der Waals surface area contributed by atoms with Gasteiger partial charge >= 0.3 is 0 Å². The Labute approximate surface area is 155 Å². The third kappa shape index (κ3) is 7.23. The molecule has 0 unspecified atom stereocenters. The maximum absolute atomic E-state index is 5.77. The van der Waals surface area contributed by atoms with E-state index in [-0.39, 0.29) is 18.5 Å². The molecule has 0 aliphatic heterocycles. The molecular weight excluding hydrogens is 344 g/mol. The Bertz CT molecular complexity index is 450. The zero-order valence-corrected chi connectivity index (χ0v) is 16.6. The number of nitrogens with zero attached hydrogens (tertiary/aromatic N) is 3. The van der Waals surface area contributed by atoms with Crippen molar-refractivity contribution in [3.8, 4) is 0 Å². The summed E-state index contributed by atoms with van der Waals surface area (Å²) in [7, 11) is 6.47. The normalized spacial score (nSPS) is 14.1. The predicted octanol–water partition coefficient (Wildman–Crippen LogP) is -0.328. The second-order valence-corrected chi connectivity index (χ2v) is 5.62. The van der Waals surface area contributed by atoms with E-state index in [9.17, 15) is 0 Å². The summed E-state index contributed by atoms with van der Waals surface area (Å²) in [6, 6.07) is 0. The molecule has 0 spiro atoms. The Morgan fingerprint density at radius 3 is 1.65 bits per heavy atom. The highest BCUT2D eigenvalue weighted by atomic mass is 16.7. The van der Waals surface area contributed by atoms with Crippen LogP contribution >= 0.6 is 0 Å². The van der Waals surface area contributed by atoms with E-state index >= 15 is 0 Å². The second-order valence-electron chi connectivity index (χ2n) is 5.62. The van der Waals surface area contributed by atoms with Crippen LogP contribution in [0.3, 0.4) is 0 Å². The summed E-state index contributed by atoms with van der Waals surface area (Å²) >= 11 is 0. The van der Waals surface area contributed by atoms with Crippen LogP contribution in [0, 0.1) is 0 Å². The zero-order valence-electron chi connectivity index (χ0n) is 16.6. The maximum atomic E-state index is 5.77. The molecule has 0 saturated heterocycles. The van der Waals surface area contributed by atoms with E-state index in [2.05, 4.69) is 10.2 Å². The first-order chi connectivity index (χ1) is 12.6. The molecular formula is C16H33N4O6+. The lowest BCUT2D eigenvalue weighted by atomic mass is 10.3. The molecule has 0 bridgehead atoms. The Morgan fingerprint density at radius 1 is 0.808 bits per heavy atom. The molecule has 10 heteroatoms. The lowest BCUT2D eigenvalue weighted by Crippen LogP contribution is -2.90. The fourth-order valence-electron chi connectivity index (χ4n) is 2.30. The third-order valence-electron chi connectivity index (χ3n) is 3.79. The van der Waals surface area contributed by atoms with E-state index in [1.807, 2.05) is 23.9 Å². The SMILES string of the molecule is COCCO[C@@H](C)c1nnc([C@H](C)OCCOC)n1[NH2+]CC(OC)OC. The monoisotopic (exact) mass is 377 g/mol. The largest absolute Gasteiger partial charge is 0.382 e. The first-order valence-corrected chi connectivity index (χ1v) is 8.63. The highest BCUT2D eigenvalue weighted by Gasteiger charge is 2.25. The summed E-state index contributed by atoms with van der Waals surface area (Å²) in [4.78, 5) is 0. The lowest BCUT2D eigenvalue weighted by Gasteiger charge is -2.18. The van der Waals surface area contributed by atoms with Crippen molar-refractivity contribution in [2.24, 2.45) is 0 Å². The van der Waals surface area contributed by atoms with Crippen LogP contribution in [0.1, 0.15) is 37.7 Å². The number of nitrogens with two attached hydrogens (primary N) is 1. The molecule has 0 radical (unpaired) electrons. The van der Waals surface area contributed by atoms with Gasteiger partial charge in [0.25, 0.3) is 0 Å². The summed E-state index contributed by atoms with van der Waals surface area (Å²) in [5, 5.41) is 8.59. The number of ether oxygens (including phenoxy) is 6. The average Bonchev–Trinajstić information content (AvgIpc) is 3.07. The van der Waals surface area contributed by atoms with Crippen molar-refractivity contribution in [3.05, 3.63) is 11.6 Å². The number of methoxy groups -OCH3 is 4. The summed E-state index contributed by atoms with van der Waals surface area (Å²) in [5.41, 5.74) is 1.93. The van der Waals surface area contributed by atoms with Crippen molar-refractivity contribution in [1.82, 2.24) is 14.9 Å². The Hall–Kier alpha value is -1.14. The summed E-state index contributed by atoms with van der Waals surface area (Å²) in [6.07, 6.45) is -0.859. The van der Waals surface area contributed by atoms with Gasteiger partial charge in [-0.25, -0.2) is 5.43 Å². The van der Waals surface area contributed by atoms with Gasteiger partial charge in [-0.15, -0.1) is 10.2 Å². The van der Waals surface area contributed by atoms with Crippen molar-refractivity contribution in [2.45, 2.75) is 32.3 Å². The van der Waals surface area contributed by atoms with E-state index in [1.165, 1.54) is 0 Å². The Morgan fingerprint density at radius 2 is 1.27 bits per heavy atom. The van der Waals surface area contributed by atoms with E-state index < -0.39 is 0 Å². The van der Waals surface area contributed by atoms with Crippen LogP contribution in [0.5, 0.6) is 0 Å². The van der Waals surface area contributed by atoms with Crippen LogP contribution in [-0.2, 0) is 28.4 Å². The molecule has 0 aliphatic carbocycles. The van der Waals surface area contributed by atoms with Gasteiger partial charge in [0.05, 0.1) is 26.4 Å². The number of rotatable bonds is 15. The molecule has 26 heavy (non-hydrogen) atoms. The van der Waals surface area contributed by atoms with Gasteiger partial charge in [0.1, 0.15) is 18.8 Å². The first-order valence-electron chi connectivity index (χ1n) is 8.63. The molecule has 0 aromatic carbocycles. The molecule has 0 aliphatic rings. The van der Waals surface area contributed by atoms with Crippen molar-refractivity contribution in [2.75, 3.05) is 61.4 Å². The molecule has 152 valence electrons. The molecule has 2 N–H and O–H groups in total. The number of hydrogen-bond donors (Lipinski definition) is 1. The van der Waals surface area contributed by atoms with E-state index in [4.69, 9.17) is 28.4 Å². The van der Waals surface area contributed by atoms with Gasteiger partial charge in [0, 0.05) is 28.4 Å². The van der Waals surface area contributed by atoms with Gasteiger partial charge < -0.3 is 28.4 Å². The smallest absolute Gasteiger partial charge is 0.211 e. The van der Waals surface area contributed by atoms with Gasteiger partial charge in [0.15, 0.2) is 0 Å². The molecule has 10 nitrogen and oxygen atoms in total. The summed E-state index contributed by atoms with van der Waals surface area (Å²) in [6.45, 7) is 6.35. The van der Waals surface area contributed by atoms with Crippen LogP contribution in [0.15, 0.2) is 0 Å². The molecule has 1 aromatic heterocycles. The summed E-state index contributed by atoms with van der Waals surface area (Å²) < 4.78 is 34.0. The molecule has 1 heterocycles. The number of quaternary nitrogens is 1. The fourth-order valence-corrected chi connectivity index (χ4v) is 2.30. The third-order valence-corrected chi connectivity index (χ3v) is 3.79. The average molecular weight is 377 g/mol. The van der Waals surface area contributed by atoms with Crippen LogP contribution in [-0.4, -0.2) is 82.6 Å². The number of hydrogen-bond acceptors (Lipinski definition) is 8. The molecule has 0 fully saturated rings. The minimum Gasteiger partial charge on any atom is -0.382 e. The molecule has 0 saturated carbocycles. The van der Waals surface area contributed by atoms with Gasteiger partial charge in [-0.3, -0.25) is 0 Å². The van der Waals surface area contributed by atoms with Gasteiger partial charge in [-0.2, -0.15) is 4.68 Å². The summed E-state index contributed by atoms with van der Waals surface area (Å²) in [5.74, 6) is 1.37. The molecule has 0 amide bonds. The zero-order chi connectivity index (χ0) is 19.4. The van der Waals surface area contributed by atoms with E-state index in [0.717, 1.165) is 0 Å². The standard InChI is InChI=1S/C16H32N4O6/c1-12(25-9-7-21-3)15-18-19-16(13(2)26-10-8-22-4)20(15)17-11-14(23-5)24-6/h12-14,17H,7-11H2,1-6H3/p+1/t12-,13-/m0/s1. The van der Waals surface area contributed by atoms with Crippen molar-refractivity contribution in [3.63, 3.8) is 0 Å². The van der Waals surface area contributed by atoms with Gasteiger partial charge in [0.2, 0.25) is 17.9 Å². The quantitative estimate of drug-likeness (QED) is 0.252. The topological polar surface area (TPSA) is 103 Å². The van der Waals surface area contributed by atoms with Crippen molar-refractivity contribution < 1.29 is 33.8 Å². The van der Waals surface area contributed by atoms with Gasteiger partial charge in [-0.05, 0) is 13.8 Å². The first kappa shape index (κ1) is 22.9. The van der Waals surface area contributed by atoms with E-state index in [0.29, 0.717) is 44.6 Å². The van der Waals surface area contributed by atoms with Crippen molar-refractivity contribution >= 4 is 0 Å². The lowest BCUT2D eigenvalue weighted by molar-refractivity contribution is -0.723. The number of aromatic nitrogens is 3. The second kappa shape index (κ2) is 13.1. The van der Waals surface area contributed by atoms with E-state index in [1.54, 1.807) is 28.4 Å². The molecule has 1 rings (SSSR count). The maximum Gasteiger partial charge on any atom is 0.211 e.